The molecule has 2 N–H and O–H groups in total. The lowest BCUT2D eigenvalue weighted by Gasteiger charge is -2.09. The van der Waals surface area contributed by atoms with Crippen LogP contribution in [0, 0.1) is 0 Å². The predicted octanol–water partition coefficient (Wildman–Crippen LogP) is 4.05. The number of ether oxygens (including phenoxy) is 2. The summed E-state index contributed by atoms with van der Waals surface area (Å²) < 4.78 is 10.2. The number of benzene rings is 3. The van der Waals surface area contributed by atoms with Crippen LogP contribution in [-0.4, -0.2) is 24.9 Å². The molecule has 0 atom stereocenters. The largest absolute Gasteiger partial charge is 0.497 e. The molecule has 0 spiro atoms. The molecule has 0 heterocycles. The van der Waals surface area contributed by atoms with Crippen molar-refractivity contribution in [2.24, 2.45) is 0 Å². The van der Waals surface area contributed by atoms with Gasteiger partial charge in [0.05, 0.1) is 13.5 Å². The van der Waals surface area contributed by atoms with Gasteiger partial charge in [0.25, 0.3) is 5.91 Å². The minimum Gasteiger partial charge on any atom is -0.497 e. The van der Waals surface area contributed by atoms with Crippen molar-refractivity contribution in [3.63, 3.8) is 0 Å². The van der Waals surface area contributed by atoms with E-state index in [2.05, 4.69) is 10.6 Å². The summed E-state index contributed by atoms with van der Waals surface area (Å²) in [5, 5.41) is 5.59. The molecule has 3 rings (SSSR count). The molecule has 7 nitrogen and oxygen atoms in total. The van der Waals surface area contributed by atoms with Crippen LogP contribution in [0.3, 0.4) is 0 Å². The number of anilines is 2. The maximum atomic E-state index is 12.4. The van der Waals surface area contributed by atoms with Crippen LogP contribution >= 0.6 is 0 Å². The Morgan fingerprint density at radius 3 is 2.13 bits per heavy atom. The van der Waals surface area contributed by atoms with Gasteiger partial charge in [0, 0.05) is 23.9 Å². The number of amides is 2. The second kappa shape index (κ2) is 10.1. The second-order valence-electron chi connectivity index (χ2n) is 6.73. The number of rotatable bonds is 7. The number of methoxy groups -OCH3 is 1. The number of carbonyl (C=O) groups is 3. The highest BCUT2D eigenvalue weighted by molar-refractivity contribution is 6.04. The summed E-state index contributed by atoms with van der Waals surface area (Å²) in [6, 6.07) is 20.5. The van der Waals surface area contributed by atoms with Gasteiger partial charge in [-0.15, -0.1) is 0 Å². The number of hydrogen-bond acceptors (Lipinski definition) is 5. The lowest BCUT2D eigenvalue weighted by molar-refractivity contribution is -0.131. The van der Waals surface area contributed by atoms with E-state index in [9.17, 15) is 14.4 Å². The van der Waals surface area contributed by atoms with Crippen LogP contribution in [0.2, 0.25) is 0 Å². The number of esters is 1. The fourth-order valence-corrected chi connectivity index (χ4v) is 2.88. The first-order valence-electron chi connectivity index (χ1n) is 9.55. The van der Waals surface area contributed by atoms with Crippen molar-refractivity contribution in [2.45, 2.75) is 13.3 Å². The summed E-state index contributed by atoms with van der Waals surface area (Å²) in [4.78, 5) is 35.8. The van der Waals surface area contributed by atoms with Crippen molar-refractivity contribution in [1.29, 1.82) is 0 Å². The molecule has 0 aromatic heterocycles. The maximum Gasteiger partial charge on any atom is 0.308 e. The minimum absolute atomic E-state index is 0.160. The second-order valence-corrected chi connectivity index (χ2v) is 6.73. The number of carbonyl (C=O) groups excluding carboxylic acids is 3. The molecule has 31 heavy (non-hydrogen) atoms. The molecule has 0 radical (unpaired) electrons. The molecule has 3 aromatic rings. The highest BCUT2D eigenvalue weighted by atomic mass is 16.5. The third kappa shape index (κ3) is 6.43. The van der Waals surface area contributed by atoms with E-state index in [-0.39, 0.29) is 18.2 Å². The molecule has 2 amide bonds. The van der Waals surface area contributed by atoms with E-state index in [1.54, 1.807) is 49.6 Å². The Bertz CT molecular complexity index is 1090. The zero-order valence-corrected chi connectivity index (χ0v) is 17.2. The normalized spacial score (nSPS) is 10.1. The Kier molecular flexibility index (Phi) is 7.01. The first-order valence-corrected chi connectivity index (χ1v) is 9.55. The standard InChI is InChI=1S/C24H22N2O5/c1-16(27)31-22-8-4-6-18(15-22)24(29)26-20-11-9-19(10-12-20)25-23(28)14-17-5-3-7-21(13-17)30-2/h3-13,15H,14H2,1-2H3,(H,25,28)(H,26,29). The Morgan fingerprint density at radius 2 is 1.45 bits per heavy atom. The Labute approximate surface area is 180 Å². The highest BCUT2D eigenvalue weighted by Crippen LogP contribution is 2.18. The van der Waals surface area contributed by atoms with Crippen LogP contribution < -0.4 is 20.1 Å². The van der Waals surface area contributed by atoms with Gasteiger partial charge in [-0.25, -0.2) is 0 Å². The first kappa shape index (κ1) is 21.6. The molecule has 0 aliphatic carbocycles. The summed E-state index contributed by atoms with van der Waals surface area (Å²) in [5.74, 6) is 0.0377. The number of hydrogen-bond donors (Lipinski definition) is 2. The molecular weight excluding hydrogens is 396 g/mol. The quantitative estimate of drug-likeness (QED) is 0.446. The SMILES string of the molecule is COc1cccc(CC(=O)Nc2ccc(NC(=O)c3cccc(OC(C)=O)c3)cc2)c1. The Morgan fingerprint density at radius 1 is 0.806 bits per heavy atom. The van der Waals surface area contributed by atoms with Gasteiger partial charge >= 0.3 is 5.97 Å². The molecule has 0 saturated heterocycles. The van der Waals surface area contributed by atoms with Crippen molar-refractivity contribution in [1.82, 2.24) is 0 Å². The summed E-state index contributed by atoms with van der Waals surface area (Å²) >= 11 is 0. The van der Waals surface area contributed by atoms with Crippen LogP contribution in [0.4, 0.5) is 11.4 Å². The topological polar surface area (TPSA) is 93.7 Å². The molecule has 0 bridgehead atoms. The summed E-state index contributed by atoms with van der Waals surface area (Å²) in [6.07, 6.45) is 0.217. The maximum absolute atomic E-state index is 12.4. The Hall–Kier alpha value is -4.13. The van der Waals surface area contributed by atoms with Crippen molar-refractivity contribution >= 4 is 29.2 Å². The Balaban J connectivity index is 1.58. The third-order valence-corrected chi connectivity index (χ3v) is 4.28. The fourth-order valence-electron chi connectivity index (χ4n) is 2.88. The van der Waals surface area contributed by atoms with Gasteiger partial charge in [-0.1, -0.05) is 18.2 Å². The molecule has 3 aromatic carbocycles. The summed E-state index contributed by atoms with van der Waals surface area (Å²) in [6.45, 7) is 1.30. The minimum atomic E-state index is -0.457. The van der Waals surface area contributed by atoms with Crippen molar-refractivity contribution < 1.29 is 23.9 Å². The first-order chi connectivity index (χ1) is 14.9. The van der Waals surface area contributed by atoms with Crippen LogP contribution in [0.25, 0.3) is 0 Å². The van der Waals surface area contributed by atoms with Gasteiger partial charge in [-0.05, 0) is 60.2 Å². The third-order valence-electron chi connectivity index (χ3n) is 4.28. The van der Waals surface area contributed by atoms with Gasteiger partial charge in [0.1, 0.15) is 11.5 Å². The highest BCUT2D eigenvalue weighted by Gasteiger charge is 2.09. The zero-order chi connectivity index (χ0) is 22.2. The monoisotopic (exact) mass is 418 g/mol. The zero-order valence-electron chi connectivity index (χ0n) is 17.2. The van der Waals surface area contributed by atoms with E-state index in [1.807, 2.05) is 24.3 Å². The average molecular weight is 418 g/mol. The van der Waals surface area contributed by atoms with E-state index in [1.165, 1.54) is 13.0 Å². The van der Waals surface area contributed by atoms with E-state index >= 15 is 0 Å². The van der Waals surface area contributed by atoms with Crippen LogP contribution in [0.15, 0.2) is 72.8 Å². The molecule has 0 aliphatic heterocycles. The van der Waals surface area contributed by atoms with E-state index in [4.69, 9.17) is 9.47 Å². The van der Waals surface area contributed by atoms with Crippen molar-refractivity contribution in [3.8, 4) is 11.5 Å². The summed E-state index contributed by atoms with van der Waals surface area (Å²) in [7, 11) is 1.58. The summed E-state index contributed by atoms with van der Waals surface area (Å²) in [5.41, 5.74) is 2.38. The van der Waals surface area contributed by atoms with E-state index < -0.39 is 5.97 Å². The molecule has 0 aliphatic rings. The molecule has 158 valence electrons. The fraction of sp³-hybridized carbons (Fsp3) is 0.125. The molecule has 0 fully saturated rings. The molecule has 0 saturated carbocycles. The van der Waals surface area contributed by atoms with Crippen LogP contribution in [0.5, 0.6) is 11.5 Å². The van der Waals surface area contributed by atoms with Gasteiger partial charge in [-0.2, -0.15) is 0 Å². The molecule has 0 unspecified atom stereocenters. The lowest BCUT2D eigenvalue weighted by atomic mass is 10.1. The van der Waals surface area contributed by atoms with Gasteiger partial charge in [0.15, 0.2) is 0 Å². The van der Waals surface area contributed by atoms with Gasteiger partial charge in [-0.3, -0.25) is 14.4 Å². The molecule has 7 heteroatoms. The molecular formula is C24H22N2O5. The van der Waals surface area contributed by atoms with Crippen molar-refractivity contribution in [3.05, 3.63) is 83.9 Å². The lowest BCUT2D eigenvalue weighted by Crippen LogP contribution is -2.15. The predicted molar refractivity (Wildman–Crippen MR) is 117 cm³/mol. The number of nitrogens with one attached hydrogen (secondary N) is 2. The van der Waals surface area contributed by atoms with E-state index in [0.29, 0.717) is 28.4 Å². The van der Waals surface area contributed by atoms with Crippen molar-refractivity contribution in [2.75, 3.05) is 17.7 Å². The van der Waals surface area contributed by atoms with Gasteiger partial charge in [0.2, 0.25) is 5.91 Å². The van der Waals surface area contributed by atoms with Crippen LogP contribution in [-0.2, 0) is 16.0 Å². The van der Waals surface area contributed by atoms with E-state index in [0.717, 1.165) is 5.56 Å². The average Bonchev–Trinajstić information content (AvgIpc) is 2.75. The van der Waals surface area contributed by atoms with Crippen LogP contribution in [0.1, 0.15) is 22.8 Å². The van der Waals surface area contributed by atoms with Gasteiger partial charge < -0.3 is 20.1 Å². The smallest absolute Gasteiger partial charge is 0.308 e.